The smallest absolute Gasteiger partial charge is 0.239 e. The fraction of sp³-hybridized carbons (Fsp3) is 0.636. The van der Waals surface area contributed by atoms with Gasteiger partial charge in [-0.25, -0.2) is 0 Å². The number of fused-ring (bicyclic) bond motifs is 2. The molecular formula is C22H31N3O3. The number of carbonyl (C=O) groups is 2. The van der Waals surface area contributed by atoms with Crippen LogP contribution in [0.2, 0.25) is 0 Å². The van der Waals surface area contributed by atoms with Crippen molar-refractivity contribution in [3.05, 3.63) is 29.8 Å². The number of rotatable bonds is 8. The van der Waals surface area contributed by atoms with Gasteiger partial charge in [0.25, 0.3) is 0 Å². The van der Waals surface area contributed by atoms with Gasteiger partial charge in [-0.3, -0.25) is 14.5 Å². The van der Waals surface area contributed by atoms with E-state index >= 15 is 0 Å². The first-order chi connectivity index (χ1) is 13.5. The number of Topliss-reactive ketones (excluding diaryl/α,β-unsaturated/α-hetero) is 1. The number of hydrogen-bond donors (Lipinski definition) is 1. The molecule has 1 aliphatic carbocycles. The third kappa shape index (κ3) is 4.23. The van der Waals surface area contributed by atoms with Crippen molar-refractivity contribution in [3.63, 3.8) is 0 Å². The van der Waals surface area contributed by atoms with E-state index < -0.39 is 6.04 Å². The van der Waals surface area contributed by atoms with Crippen LogP contribution in [0.15, 0.2) is 24.3 Å². The van der Waals surface area contributed by atoms with E-state index in [0.717, 1.165) is 63.1 Å². The second kappa shape index (κ2) is 8.21. The summed E-state index contributed by atoms with van der Waals surface area (Å²) in [5, 5.41) is 0. The van der Waals surface area contributed by atoms with E-state index in [1.807, 2.05) is 29.2 Å². The Morgan fingerprint density at radius 1 is 1.11 bits per heavy atom. The highest BCUT2D eigenvalue weighted by atomic mass is 16.5. The Morgan fingerprint density at radius 3 is 2.32 bits per heavy atom. The largest absolute Gasteiger partial charge is 0.494 e. The van der Waals surface area contributed by atoms with Crippen molar-refractivity contribution in [2.75, 3.05) is 26.2 Å². The molecule has 1 amide bonds. The summed E-state index contributed by atoms with van der Waals surface area (Å²) < 4.78 is 5.85. The van der Waals surface area contributed by atoms with Gasteiger partial charge in [-0.1, -0.05) is 0 Å². The first-order valence-electron chi connectivity index (χ1n) is 10.6. The van der Waals surface area contributed by atoms with Crippen molar-refractivity contribution >= 4 is 11.7 Å². The first kappa shape index (κ1) is 19.4. The SMILES string of the molecule is C[C@@H](N)C(=O)N1C2CCC1CN(CCCOc1ccc(C(=O)C3CC3)cc1)C2. The minimum Gasteiger partial charge on any atom is -0.494 e. The third-order valence-corrected chi connectivity index (χ3v) is 6.18. The van der Waals surface area contributed by atoms with E-state index in [0.29, 0.717) is 18.7 Å². The van der Waals surface area contributed by atoms with Crippen molar-refractivity contribution in [1.82, 2.24) is 9.80 Å². The summed E-state index contributed by atoms with van der Waals surface area (Å²) in [5.41, 5.74) is 6.61. The summed E-state index contributed by atoms with van der Waals surface area (Å²) in [7, 11) is 0. The summed E-state index contributed by atoms with van der Waals surface area (Å²) in [6, 6.07) is 7.77. The van der Waals surface area contributed by atoms with Gasteiger partial charge in [0.15, 0.2) is 5.78 Å². The van der Waals surface area contributed by atoms with Gasteiger partial charge in [0.1, 0.15) is 5.75 Å². The van der Waals surface area contributed by atoms with Crippen molar-refractivity contribution in [1.29, 1.82) is 0 Å². The molecule has 3 aliphatic rings. The van der Waals surface area contributed by atoms with Crippen molar-refractivity contribution in [3.8, 4) is 5.75 Å². The molecule has 1 aromatic rings. The second-order valence-electron chi connectivity index (χ2n) is 8.54. The van der Waals surface area contributed by atoms with E-state index in [1.54, 1.807) is 6.92 Å². The van der Waals surface area contributed by atoms with Gasteiger partial charge in [0.2, 0.25) is 5.91 Å². The predicted octanol–water partition coefficient (Wildman–Crippen LogP) is 2.07. The Labute approximate surface area is 167 Å². The van der Waals surface area contributed by atoms with Crippen LogP contribution in [0.25, 0.3) is 0 Å². The molecule has 1 aromatic carbocycles. The number of ether oxygens (including phenoxy) is 1. The van der Waals surface area contributed by atoms with Crippen LogP contribution in [0, 0.1) is 5.92 Å². The van der Waals surface area contributed by atoms with Crippen molar-refractivity contribution < 1.29 is 14.3 Å². The van der Waals surface area contributed by atoms with Crippen LogP contribution in [0.1, 0.15) is 49.4 Å². The molecule has 6 heteroatoms. The van der Waals surface area contributed by atoms with Gasteiger partial charge in [-0.2, -0.15) is 0 Å². The van der Waals surface area contributed by atoms with E-state index in [9.17, 15) is 9.59 Å². The van der Waals surface area contributed by atoms with Gasteiger partial charge < -0.3 is 15.4 Å². The molecule has 2 N–H and O–H groups in total. The van der Waals surface area contributed by atoms with Gasteiger partial charge >= 0.3 is 0 Å². The molecular weight excluding hydrogens is 354 g/mol. The van der Waals surface area contributed by atoms with Gasteiger partial charge in [0, 0.05) is 43.2 Å². The summed E-state index contributed by atoms with van der Waals surface area (Å²) in [6.07, 6.45) is 5.19. The zero-order chi connectivity index (χ0) is 19.7. The predicted molar refractivity (Wildman–Crippen MR) is 107 cm³/mol. The molecule has 4 rings (SSSR count). The number of nitrogens with zero attached hydrogens (tertiary/aromatic N) is 2. The molecule has 152 valence electrons. The highest BCUT2D eigenvalue weighted by Gasteiger charge is 2.42. The van der Waals surface area contributed by atoms with Crippen LogP contribution >= 0.6 is 0 Å². The molecule has 2 aliphatic heterocycles. The topological polar surface area (TPSA) is 75.9 Å². The lowest BCUT2D eigenvalue weighted by molar-refractivity contribution is -0.138. The Morgan fingerprint density at radius 2 is 1.75 bits per heavy atom. The minimum atomic E-state index is -0.408. The maximum Gasteiger partial charge on any atom is 0.239 e. The Balaban J connectivity index is 1.19. The van der Waals surface area contributed by atoms with Gasteiger partial charge in [0.05, 0.1) is 12.6 Å². The molecule has 2 saturated heterocycles. The van der Waals surface area contributed by atoms with Crippen LogP contribution in [-0.4, -0.2) is 65.9 Å². The molecule has 6 nitrogen and oxygen atoms in total. The quantitative estimate of drug-likeness (QED) is 0.548. The highest BCUT2D eigenvalue weighted by molar-refractivity contribution is 5.99. The lowest BCUT2D eigenvalue weighted by Crippen LogP contribution is -2.58. The number of amides is 1. The van der Waals surface area contributed by atoms with Crippen LogP contribution in [0.4, 0.5) is 0 Å². The Hall–Kier alpha value is -1.92. The Kier molecular flexibility index (Phi) is 5.69. The molecule has 2 unspecified atom stereocenters. The number of carbonyl (C=O) groups excluding carboxylic acids is 2. The lowest BCUT2D eigenvalue weighted by atomic mass is 10.1. The molecule has 3 fully saturated rings. The van der Waals surface area contributed by atoms with E-state index in [4.69, 9.17) is 10.5 Å². The van der Waals surface area contributed by atoms with Crippen LogP contribution in [0.3, 0.4) is 0 Å². The summed E-state index contributed by atoms with van der Waals surface area (Å²) >= 11 is 0. The average molecular weight is 386 g/mol. The third-order valence-electron chi connectivity index (χ3n) is 6.18. The molecule has 2 bridgehead atoms. The average Bonchev–Trinajstić information content (AvgIpc) is 3.50. The maximum absolute atomic E-state index is 12.3. The van der Waals surface area contributed by atoms with Crippen LogP contribution in [-0.2, 0) is 4.79 Å². The number of piperazine rings is 1. The van der Waals surface area contributed by atoms with Gasteiger partial charge in [-0.15, -0.1) is 0 Å². The highest BCUT2D eigenvalue weighted by Crippen LogP contribution is 2.33. The molecule has 0 spiro atoms. The molecule has 28 heavy (non-hydrogen) atoms. The number of ketones is 1. The molecule has 3 atom stereocenters. The van der Waals surface area contributed by atoms with E-state index in [-0.39, 0.29) is 17.6 Å². The minimum absolute atomic E-state index is 0.0964. The maximum atomic E-state index is 12.3. The fourth-order valence-electron chi connectivity index (χ4n) is 4.54. The molecule has 0 radical (unpaired) electrons. The van der Waals surface area contributed by atoms with Crippen molar-refractivity contribution in [2.24, 2.45) is 11.7 Å². The monoisotopic (exact) mass is 385 g/mol. The zero-order valence-electron chi connectivity index (χ0n) is 16.7. The standard InChI is InChI=1S/C22H31N3O3/c1-15(23)22(27)25-18-7-8-19(25)14-24(13-18)11-2-12-28-20-9-5-17(6-10-20)21(26)16-3-4-16/h5-6,9-10,15-16,18-19H,2-4,7-8,11-14,23H2,1H3/t15-,18?,19?/m1/s1. The number of likely N-dealkylation sites (tertiary alicyclic amines) is 1. The molecule has 1 saturated carbocycles. The van der Waals surface area contributed by atoms with Crippen LogP contribution in [0.5, 0.6) is 5.75 Å². The fourth-order valence-corrected chi connectivity index (χ4v) is 4.54. The molecule has 2 heterocycles. The summed E-state index contributed by atoms with van der Waals surface area (Å²) in [4.78, 5) is 28.9. The number of benzene rings is 1. The number of hydrogen-bond acceptors (Lipinski definition) is 5. The summed E-state index contributed by atoms with van der Waals surface area (Å²) in [6.45, 7) is 5.29. The van der Waals surface area contributed by atoms with E-state index in [2.05, 4.69) is 4.90 Å². The normalized spacial score (nSPS) is 25.6. The zero-order valence-corrected chi connectivity index (χ0v) is 16.7. The summed E-state index contributed by atoms with van der Waals surface area (Å²) in [5.74, 6) is 1.44. The van der Waals surface area contributed by atoms with Crippen molar-refractivity contribution in [2.45, 2.75) is 57.2 Å². The lowest BCUT2D eigenvalue weighted by Gasteiger charge is -2.41. The molecule has 0 aromatic heterocycles. The van der Waals surface area contributed by atoms with E-state index in [1.165, 1.54) is 0 Å². The van der Waals surface area contributed by atoms with Gasteiger partial charge in [-0.05, 0) is 63.3 Å². The second-order valence-corrected chi connectivity index (χ2v) is 8.54. The Bertz CT molecular complexity index is 700. The number of nitrogens with two attached hydrogens (primary N) is 1. The first-order valence-corrected chi connectivity index (χ1v) is 10.6. The van der Waals surface area contributed by atoms with Crippen LogP contribution < -0.4 is 10.5 Å².